The van der Waals surface area contributed by atoms with Gasteiger partial charge in [0.15, 0.2) is 5.82 Å². The van der Waals surface area contributed by atoms with Crippen molar-refractivity contribution < 1.29 is 8.42 Å². The summed E-state index contributed by atoms with van der Waals surface area (Å²) in [5, 5.41) is 12.7. The van der Waals surface area contributed by atoms with Gasteiger partial charge in [-0.2, -0.15) is 5.10 Å². The predicted molar refractivity (Wildman–Crippen MR) is 70.9 cm³/mol. The molecule has 2 rings (SSSR count). The molecule has 0 aliphatic rings. The van der Waals surface area contributed by atoms with Gasteiger partial charge in [0.2, 0.25) is 10.0 Å². The molecule has 0 aliphatic carbocycles. The van der Waals surface area contributed by atoms with Gasteiger partial charge in [-0.15, -0.1) is 5.10 Å². The third kappa shape index (κ3) is 2.93. The van der Waals surface area contributed by atoms with Crippen LogP contribution in [-0.2, 0) is 10.0 Å². The maximum atomic E-state index is 11.3. The average molecular weight is 266 g/mol. The van der Waals surface area contributed by atoms with Gasteiger partial charge < -0.3 is 5.32 Å². The fraction of sp³-hybridized carbons (Fsp3) is 0.273. The fourth-order valence-corrected chi connectivity index (χ4v) is 2.14. The van der Waals surface area contributed by atoms with Gasteiger partial charge in [-0.25, -0.2) is 13.1 Å². The highest BCUT2D eigenvalue weighted by Crippen LogP contribution is 2.18. The molecule has 18 heavy (non-hydrogen) atoms. The smallest absolute Gasteiger partial charge is 0.213 e. The number of aromatic nitrogens is 2. The van der Waals surface area contributed by atoms with Gasteiger partial charge >= 0.3 is 0 Å². The summed E-state index contributed by atoms with van der Waals surface area (Å²) < 4.78 is 24.8. The Balaban J connectivity index is 2.13. The zero-order valence-electron chi connectivity index (χ0n) is 9.92. The molecular weight excluding hydrogens is 252 g/mol. The van der Waals surface area contributed by atoms with Crippen molar-refractivity contribution in [2.45, 2.75) is 0 Å². The molecule has 96 valence electrons. The Bertz CT molecular complexity index is 637. The third-order valence-electron chi connectivity index (χ3n) is 2.54. The van der Waals surface area contributed by atoms with Crippen LogP contribution in [0, 0.1) is 0 Å². The molecule has 6 nitrogen and oxygen atoms in total. The Kier molecular flexibility index (Phi) is 3.73. The fourth-order valence-electron chi connectivity index (χ4n) is 1.56. The van der Waals surface area contributed by atoms with Crippen LogP contribution < -0.4 is 10.0 Å². The molecule has 0 saturated heterocycles. The second kappa shape index (κ2) is 5.28. The number of sulfonamides is 1. The van der Waals surface area contributed by atoms with Crippen molar-refractivity contribution in [3.63, 3.8) is 0 Å². The van der Waals surface area contributed by atoms with Crippen LogP contribution in [0.5, 0.6) is 0 Å². The second-order valence-corrected chi connectivity index (χ2v) is 5.78. The van der Waals surface area contributed by atoms with Crippen molar-refractivity contribution in [3.05, 3.63) is 30.5 Å². The van der Waals surface area contributed by atoms with Crippen molar-refractivity contribution in [3.8, 4) is 0 Å². The number of anilines is 1. The number of hydrogen-bond donors (Lipinski definition) is 2. The zero-order valence-corrected chi connectivity index (χ0v) is 10.7. The number of nitrogens with zero attached hydrogens (tertiary/aromatic N) is 2. The molecule has 2 aromatic rings. The highest BCUT2D eigenvalue weighted by molar-refractivity contribution is 7.89. The van der Waals surface area contributed by atoms with Crippen molar-refractivity contribution in [1.82, 2.24) is 14.9 Å². The first-order valence-corrected chi connectivity index (χ1v) is 7.13. The summed E-state index contributed by atoms with van der Waals surface area (Å²) in [6.07, 6.45) is 1.67. The maximum Gasteiger partial charge on any atom is 0.213 e. The van der Waals surface area contributed by atoms with Crippen LogP contribution in [0.4, 0.5) is 5.82 Å². The Morgan fingerprint density at radius 2 is 2.06 bits per heavy atom. The van der Waals surface area contributed by atoms with Crippen LogP contribution in [0.25, 0.3) is 10.8 Å². The molecule has 1 aromatic carbocycles. The summed E-state index contributed by atoms with van der Waals surface area (Å²) >= 11 is 0. The van der Waals surface area contributed by atoms with E-state index in [4.69, 9.17) is 0 Å². The van der Waals surface area contributed by atoms with Crippen molar-refractivity contribution >= 4 is 26.6 Å². The standard InChI is InChI=1S/C11H14N4O2S/c1-12-18(16,17)7-6-13-11-10-5-3-2-4-9(10)8-14-15-11/h2-5,8,12H,6-7H2,1H3,(H,13,15). The largest absolute Gasteiger partial charge is 0.367 e. The molecule has 0 spiro atoms. The van der Waals surface area contributed by atoms with E-state index >= 15 is 0 Å². The number of rotatable bonds is 5. The molecule has 0 saturated carbocycles. The van der Waals surface area contributed by atoms with Crippen molar-refractivity contribution in [1.29, 1.82) is 0 Å². The number of hydrogen-bond acceptors (Lipinski definition) is 5. The third-order valence-corrected chi connectivity index (χ3v) is 3.91. The van der Waals surface area contributed by atoms with Gasteiger partial charge in [0, 0.05) is 17.3 Å². The van der Waals surface area contributed by atoms with Crippen molar-refractivity contribution in [2.24, 2.45) is 0 Å². The number of fused-ring (bicyclic) bond motifs is 1. The molecular formula is C11H14N4O2S. The van der Waals surface area contributed by atoms with E-state index in [0.29, 0.717) is 5.82 Å². The number of nitrogens with one attached hydrogen (secondary N) is 2. The second-order valence-electron chi connectivity index (χ2n) is 3.73. The van der Waals surface area contributed by atoms with Crippen LogP contribution in [0.3, 0.4) is 0 Å². The monoisotopic (exact) mass is 266 g/mol. The summed E-state index contributed by atoms with van der Waals surface area (Å²) in [6, 6.07) is 7.66. The first kappa shape index (κ1) is 12.7. The van der Waals surface area contributed by atoms with Gasteiger partial charge in [-0.05, 0) is 7.05 Å². The van der Waals surface area contributed by atoms with E-state index in [-0.39, 0.29) is 12.3 Å². The van der Waals surface area contributed by atoms with Gasteiger partial charge in [0.1, 0.15) is 0 Å². The average Bonchev–Trinajstić information content (AvgIpc) is 2.39. The summed E-state index contributed by atoms with van der Waals surface area (Å²) in [5.41, 5.74) is 0. The lowest BCUT2D eigenvalue weighted by Crippen LogP contribution is -2.26. The molecule has 2 N–H and O–H groups in total. The molecule has 1 heterocycles. The maximum absolute atomic E-state index is 11.3. The lowest BCUT2D eigenvalue weighted by molar-refractivity contribution is 0.588. The minimum atomic E-state index is -3.20. The molecule has 0 aliphatic heterocycles. The SMILES string of the molecule is CNS(=O)(=O)CCNc1nncc2ccccc12. The minimum absolute atomic E-state index is 0.00555. The highest BCUT2D eigenvalue weighted by Gasteiger charge is 2.07. The van der Waals surface area contributed by atoms with E-state index in [1.165, 1.54) is 7.05 Å². The van der Waals surface area contributed by atoms with E-state index < -0.39 is 10.0 Å². The van der Waals surface area contributed by atoms with Crippen molar-refractivity contribution in [2.75, 3.05) is 24.7 Å². The Labute approximate surface area is 105 Å². The Morgan fingerprint density at radius 3 is 2.83 bits per heavy atom. The lowest BCUT2D eigenvalue weighted by atomic mass is 10.2. The molecule has 0 fully saturated rings. The minimum Gasteiger partial charge on any atom is -0.367 e. The quantitative estimate of drug-likeness (QED) is 0.827. The van der Waals surface area contributed by atoms with E-state index in [1.807, 2.05) is 24.3 Å². The number of benzene rings is 1. The molecule has 1 aromatic heterocycles. The molecule has 7 heteroatoms. The highest BCUT2D eigenvalue weighted by atomic mass is 32.2. The van der Waals surface area contributed by atoms with Gasteiger partial charge in [0.25, 0.3) is 0 Å². The van der Waals surface area contributed by atoms with Crippen LogP contribution in [-0.4, -0.2) is 38.0 Å². The van der Waals surface area contributed by atoms with Gasteiger partial charge in [-0.1, -0.05) is 24.3 Å². The van der Waals surface area contributed by atoms with Crippen LogP contribution in [0.2, 0.25) is 0 Å². The van der Waals surface area contributed by atoms with Gasteiger partial charge in [-0.3, -0.25) is 0 Å². The molecule has 0 unspecified atom stereocenters. The van der Waals surface area contributed by atoms with Gasteiger partial charge in [0.05, 0.1) is 11.9 Å². The first-order chi connectivity index (χ1) is 8.62. The van der Waals surface area contributed by atoms with Crippen LogP contribution in [0.15, 0.2) is 30.5 Å². The summed E-state index contributed by atoms with van der Waals surface area (Å²) in [7, 11) is -1.81. The van der Waals surface area contributed by atoms with E-state index in [1.54, 1.807) is 6.20 Å². The van der Waals surface area contributed by atoms with Crippen LogP contribution >= 0.6 is 0 Å². The summed E-state index contributed by atoms with van der Waals surface area (Å²) in [5.74, 6) is 0.591. The topological polar surface area (TPSA) is 84.0 Å². The molecule has 0 atom stereocenters. The van der Waals surface area contributed by atoms with Crippen LogP contribution in [0.1, 0.15) is 0 Å². The Hall–Kier alpha value is -1.73. The van der Waals surface area contributed by atoms with E-state index in [9.17, 15) is 8.42 Å². The molecule has 0 radical (unpaired) electrons. The molecule has 0 bridgehead atoms. The summed E-state index contributed by atoms with van der Waals surface area (Å²) in [4.78, 5) is 0. The predicted octanol–water partition coefficient (Wildman–Crippen LogP) is 0.591. The molecule has 0 amide bonds. The van der Waals surface area contributed by atoms with E-state index in [2.05, 4.69) is 20.2 Å². The van der Waals surface area contributed by atoms with E-state index in [0.717, 1.165) is 10.8 Å². The normalized spacial score (nSPS) is 11.6. The first-order valence-electron chi connectivity index (χ1n) is 5.48. The zero-order chi connectivity index (χ0) is 13.0. The Morgan fingerprint density at radius 1 is 1.28 bits per heavy atom. The lowest BCUT2D eigenvalue weighted by Gasteiger charge is -2.07. The summed E-state index contributed by atoms with van der Waals surface area (Å²) in [6.45, 7) is 0.284.